The molecule has 1 heterocycles. The van der Waals surface area contributed by atoms with Crippen molar-refractivity contribution in [2.45, 2.75) is 158 Å². The summed E-state index contributed by atoms with van der Waals surface area (Å²) in [6, 6.07) is 0.101. The number of Topliss-reactive ketones (excluding diaryl/α,β-unsaturated/α-hetero) is 2. The molecule has 1 aliphatic heterocycles. The van der Waals surface area contributed by atoms with Crippen LogP contribution in [0.2, 0.25) is 0 Å². The van der Waals surface area contributed by atoms with E-state index >= 15 is 0 Å². The summed E-state index contributed by atoms with van der Waals surface area (Å²) in [5.74, 6) is 1.76. The van der Waals surface area contributed by atoms with Crippen LogP contribution in [0, 0.1) is 56.7 Å². The molecule has 8 heteroatoms. The number of hydrogen-bond acceptors (Lipinski definition) is 6. The van der Waals surface area contributed by atoms with Crippen molar-refractivity contribution in [1.82, 2.24) is 10.2 Å². The van der Waals surface area contributed by atoms with Crippen LogP contribution >= 0.6 is 0 Å². The number of hydrogen-bond donors (Lipinski definition) is 1. The Hall–Kier alpha value is -2.51. The molecule has 0 spiro atoms. The van der Waals surface area contributed by atoms with E-state index in [0.717, 1.165) is 69.8 Å². The van der Waals surface area contributed by atoms with Gasteiger partial charge in [-0.15, -0.1) is 0 Å². The van der Waals surface area contributed by atoms with Crippen LogP contribution in [0.1, 0.15) is 146 Å². The fourth-order valence-electron chi connectivity index (χ4n) is 13.2. The number of allylic oxidation sites excluding steroid dienone is 1. The van der Waals surface area contributed by atoms with Gasteiger partial charge >= 0.3 is 5.97 Å². The first-order chi connectivity index (χ1) is 23.7. The molecular formula is C43H66N2O6. The number of esters is 1. The topological polar surface area (TPSA) is 110 Å². The van der Waals surface area contributed by atoms with Gasteiger partial charge in [0.1, 0.15) is 11.9 Å². The van der Waals surface area contributed by atoms with Crippen LogP contribution in [0.25, 0.3) is 0 Å². The average molecular weight is 707 g/mol. The molecule has 5 fully saturated rings. The molecule has 0 aromatic heterocycles. The van der Waals surface area contributed by atoms with Crippen molar-refractivity contribution in [3.8, 4) is 0 Å². The van der Waals surface area contributed by atoms with Crippen LogP contribution in [-0.4, -0.2) is 59.5 Å². The number of ketones is 2. The largest absolute Gasteiger partial charge is 0.462 e. The molecule has 0 radical (unpaired) electrons. The minimum Gasteiger partial charge on any atom is -0.462 e. The van der Waals surface area contributed by atoms with E-state index < -0.39 is 10.8 Å². The molecule has 8 atom stereocenters. The van der Waals surface area contributed by atoms with Crippen molar-refractivity contribution in [3.63, 3.8) is 0 Å². The normalized spacial score (nSPS) is 38.0. The van der Waals surface area contributed by atoms with Crippen LogP contribution in [-0.2, 0) is 28.7 Å². The summed E-state index contributed by atoms with van der Waals surface area (Å²) >= 11 is 0. The second-order valence-corrected chi connectivity index (χ2v) is 19.9. The summed E-state index contributed by atoms with van der Waals surface area (Å²) in [5.41, 5.74) is 0.738. The van der Waals surface area contributed by atoms with Gasteiger partial charge in [-0.05, 0) is 123 Å². The molecule has 51 heavy (non-hydrogen) atoms. The summed E-state index contributed by atoms with van der Waals surface area (Å²) in [5, 5.41) is 3.04. The van der Waals surface area contributed by atoms with Crippen LogP contribution < -0.4 is 5.32 Å². The minimum absolute atomic E-state index is 0.00278. The lowest BCUT2D eigenvalue weighted by Gasteiger charge is -2.68. The van der Waals surface area contributed by atoms with Gasteiger partial charge in [-0.25, -0.2) is 0 Å². The molecule has 6 rings (SSSR count). The van der Waals surface area contributed by atoms with E-state index in [2.05, 4.69) is 46.9 Å². The zero-order chi connectivity index (χ0) is 37.5. The Morgan fingerprint density at radius 1 is 0.863 bits per heavy atom. The predicted molar refractivity (Wildman–Crippen MR) is 197 cm³/mol. The Labute approximate surface area is 307 Å². The number of nitrogens with zero attached hydrogens (tertiary/aromatic N) is 1. The summed E-state index contributed by atoms with van der Waals surface area (Å²) in [4.78, 5) is 67.8. The first-order valence-corrected chi connectivity index (χ1v) is 20.2. The number of piperidine rings is 1. The number of ether oxygens (including phenoxy) is 1. The van der Waals surface area contributed by atoms with Gasteiger partial charge in [-0.3, -0.25) is 24.0 Å². The minimum atomic E-state index is -0.725. The van der Waals surface area contributed by atoms with Gasteiger partial charge in [0.05, 0.1) is 11.8 Å². The van der Waals surface area contributed by atoms with Gasteiger partial charge < -0.3 is 15.0 Å². The van der Waals surface area contributed by atoms with Gasteiger partial charge in [0.25, 0.3) is 0 Å². The predicted octanol–water partition coefficient (Wildman–Crippen LogP) is 7.62. The third-order valence-corrected chi connectivity index (χ3v) is 15.9. The summed E-state index contributed by atoms with van der Waals surface area (Å²) in [6.07, 6.45) is 9.64. The number of fused-ring (bicyclic) bond motifs is 7. The second-order valence-electron chi connectivity index (χ2n) is 19.9. The van der Waals surface area contributed by atoms with E-state index in [-0.39, 0.29) is 76.0 Å². The first kappa shape index (κ1) is 38.2. The number of rotatable bonds is 7. The Bertz CT molecular complexity index is 1500. The van der Waals surface area contributed by atoms with Crippen molar-refractivity contribution in [3.05, 3.63) is 11.1 Å². The zero-order valence-corrected chi connectivity index (χ0v) is 33.3. The fourth-order valence-corrected chi connectivity index (χ4v) is 13.2. The highest BCUT2D eigenvalue weighted by molar-refractivity contribution is 6.07. The standard InChI is InChI=1S/C43H66N2O6/c1-25(2)36-31(48)23-43(38(50)45-21-16-28(17-22-45)44-27(4)47)20-13-30-29(37(36)43)11-12-33-41(30,9)18-14-32-40(7,8)34(15-19-42(32,33)10)51-35(49)24-39(5,6)26(3)46/h25,28-30,32-34H,11-24H2,1-10H3,(H,44,47)/t29?,30?,32?,33?,34-,41?,42?,43+/m0/s1. The van der Waals surface area contributed by atoms with Gasteiger partial charge in [0, 0.05) is 43.3 Å². The van der Waals surface area contributed by atoms with Crippen LogP contribution in [0.5, 0.6) is 0 Å². The van der Waals surface area contributed by atoms with Crippen molar-refractivity contribution < 1.29 is 28.7 Å². The third-order valence-electron chi connectivity index (χ3n) is 15.9. The Morgan fingerprint density at radius 3 is 2.12 bits per heavy atom. The van der Waals surface area contributed by atoms with Crippen LogP contribution in [0.3, 0.4) is 0 Å². The lowest BCUT2D eigenvalue weighted by atomic mass is 9.36. The van der Waals surface area contributed by atoms with Crippen LogP contribution in [0.4, 0.5) is 0 Å². The van der Waals surface area contributed by atoms with E-state index in [1.807, 2.05) is 18.7 Å². The second kappa shape index (κ2) is 13.1. The quantitative estimate of drug-likeness (QED) is 0.273. The highest BCUT2D eigenvalue weighted by Crippen LogP contribution is 2.73. The van der Waals surface area contributed by atoms with E-state index in [1.54, 1.807) is 13.8 Å². The molecule has 5 aliphatic carbocycles. The molecule has 6 unspecified atom stereocenters. The molecule has 1 N–H and O–H groups in total. The monoisotopic (exact) mass is 706 g/mol. The molecule has 6 aliphatic rings. The molecule has 4 saturated carbocycles. The van der Waals surface area contributed by atoms with E-state index in [1.165, 1.54) is 5.57 Å². The molecule has 0 aromatic rings. The van der Waals surface area contributed by atoms with E-state index in [4.69, 9.17) is 4.74 Å². The number of carbonyl (C=O) groups is 5. The number of nitrogens with one attached hydrogen (secondary N) is 1. The summed E-state index contributed by atoms with van der Waals surface area (Å²) in [7, 11) is 0. The number of amides is 2. The third kappa shape index (κ3) is 6.14. The van der Waals surface area contributed by atoms with Gasteiger partial charge in [-0.2, -0.15) is 0 Å². The molecule has 1 saturated heterocycles. The zero-order valence-electron chi connectivity index (χ0n) is 33.3. The SMILES string of the molecule is CC(=O)NC1CCN(C(=O)[C@@]23CCC4C(CCC5C4(C)CCC4C5(C)CC[C@H](OC(=O)CC(C)(C)C(C)=O)C4(C)C)C2=C(C(C)C)C(=O)C3)CC1. The van der Waals surface area contributed by atoms with E-state index in [0.29, 0.717) is 37.3 Å². The summed E-state index contributed by atoms with van der Waals surface area (Å²) < 4.78 is 6.25. The van der Waals surface area contributed by atoms with Gasteiger partial charge in [0.2, 0.25) is 11.8 Å². The number of likely N-dealkylation sites (tertiary alicyclic amines) is 1. The molecule has 8 nitrogen and oxygen atoms in total. The first-order valence-electron chi connectivity index (χ1n) is 20.2. The Kier molecular flexibility index (Phi) is 9.82. The van der Waals surface area contributed by atoms with Crippen molar-refractivity contribution in [1.29, 1.82) is 0 Å². The molecule has 0 aromatic carbocycles. The lowest BCUT2D eigenvalue weighted by molar-refractivity contribution is -0.213. The Morgan fingerprint density at radius 2 is 1.51 bits per heavy atom. The van der Waals surface area contributed by atoms with Crippen molar-refractivity contribution >= 4 is 29.4 Å². The highest BCUT2D eigenvalue weighted by Gasteiger charge is 2.68. The maximum absolute atomic E-state index is 14.8. The maximum Gasteiger partial charge on any atom is 0.307 e. The smallest absolute Gasteiger partial charge is 0.307 e. The van der Waals surface area contributed by atoms with E-state index in [9.17, 15) is 24.0 Å². The molecular weight excluding hydrogens is 640 g/mol. The summed E-state index contributed by atoms with van der Waals surface area (Å²) in [6.45, 7) is 21.9. The van der Waals surface area contributed by atoms with Gasteiger partial charge in [0.15, 0.2) is 5.78 Å². The average Bonchev–Trinajstić information content (AvgIpc) is 3.35. The molecule has 2 amide bonds. The number of carbonyl (C=O) groups excluding carboxylic acids is 5. The maximum atomic E-state index is 14.8. The van der Waals surface area contributed by atoms with Crippen molar-refractivity contribution in [2.24, 2.45) is 56.7 Å². The molecule has 284 valence electrons. The fraction of sp³-hybridized carbons (Fsp3) is 0.837. The van der Waals surface area contributed by atoms with Gasteiger partial charge in [-0.1, -0.05) is 55.4 Å². The Balaban J connectivity index is 1.25. The lowest BCUT2D eigenvalue weighted by Crippen LogP contribution is -2.63. The van der Waals surface area contributed by atoms with Crippen molar-refractivity contribution in [2.75, 3.05) is 13.1 Å². The highest BCUT2D eigenvalue weighted by atomic mass is 16.5. The van der Waals surface area contributed by atoms with Crippen LogP contribution in [0.15, 0.2) is 11.1 Å². The molecule has 0 bridgehead atoms.